The number of nitrogens with one attached hydrogen (secondary N) is 1. The summed E-state index contributed by atoms with van der Waals surface area (Å²) < 4.78 is 7.14. The zero-order valence-electron chi connectivity index (χ0n) is 14.2. The Labute approximate surface area is 136 Å². The van der Waals surface area contributed by atoms with Gasteiger partial charge in [0.2, 0.25) is 0 Å². The van der Waals surface area contributed by atoms with Crippen LogP contribution in [0.4, 0.5) is 0 Å². The van der Waals surface area contributed by atoms with Crippen LogP contribution in [0, 0.1) is 20.8 Å². The molecule has 1 fully saturated rings. The van der Waals surface area contributed by atoms with Crippen molar-refractivity contribution in [3.8, 4) is 5.82 Å². The monoisotopic (exact) mass is 316 g/mol. The Morgan fingerprint density at radius 3 is 2.52 bits per heavy atom. The lowest BCUT2D eigenvalue weighted by atomic mass is 10.0. The van der Waals surface area contributed by atoms with Gasteiger partial charge in [-0.1, -0.05) is 5.16 Å². The minimum absolute atomic E-state index is 0.110. The van der Waals surface area contributed by atoms with E-state index in [4.69, 9.17) is 4.52 Å². The van der Waals surface area contributed by atoms with E-state index in [9.17, 15) is 4.79 Å². The number of likely N-dealkylation sites (tertiary alicyclic amines) is 1. The van der Waals surface area contributed by atoms with E-state index in [2.05, 4.69) is 10.5 Å². The fraction of sp³-hybridized carbons (Fsp3) is 0.529. The zero-order valence-corrected chi connectivity index (χ0v) is 14.2. The number of rotatable bonds is 3. The molecular formula is C17H24N4O2. The summed E-state index contributed by atoms with van der Waals surface area (Å²) in [7, 11) is 1.98. The summed E-state index contributed by atoms with van der Waals surface area (Å²) in [5.74, 6) is 1.60. The van der Waals surface area contributed by atoms with Crippen molar-refractivity contribution in [1.29, 1.82) is 0 Å². The molecule has 6 nitrogen and oxygen atoms in total. The van der Waals surface area contributed by atoms with Crippen LogP contribution in [0.25, 0.3) is 5.82 Å². The molecule has 3 heterocycles. The quantitative estimate of drug-likeness (QED) is 0.943. The minimum atomic E-state index is 0.110. The van der Waals surface area contributed by atoms with Crippen molar-refractivity contribution in [2.24, 2.45) is 0 Å². The van der Waals surface area contributed by atoms with E-state index >= 15 is 0 Å². The molecule has 0 saturated carbocycles. The zero-order chi connectivity index (χ0) is 16.6. The molecule has 6 heteroatoms. The van der Waals surface area contributed by atoms with E-state index in [0.717, 1.165) is 54.5 Å². The summed E-state index contributed by atoms with van der Waals surface area (Å²) in [5.41, 5.74) is 2.66. The lowest BCUT2D eigenvalue weighted by Gasteiger charge is -2.31. The van der Waals surface area contributed by atoms with Crippen LogP contribution >= 0.6 is 0 Å². The van der Waals surface area contributed by atoms with Crippen molar-refractivity contribution >= 4 is 5.91 Å². The molecule has 0 radical (unpaired) electrons. The average Bonchev–Trinajstić information content (AvgIpc) is 3.09. The van der Waals surface area contributed by atoms with Crippen molar-refractivity contribution in [2.75, 3.05) is 20.1 Å². The van der Waals surface area contributed by atoms with Crippen molar-refractivity contribution in [1.82, 2.24) is 19.9 Å². The Balaban J connectivity index is 1.85. The highest BCUT2D eigenvalue weighted by molar-refractivity contribution is 5.96. The van der Waals surface area contributed by atoms with Crippen LogP contribution in [-0.4, -0.2) is 46.7 Å². The van der Waals surface area contributed by atoms with Gasteiger partial charge in [0.05, 0.1) is 5.56 Å². The van der Waals surface area contributed by atoms with Gasteiger partial charge in [0.15, 0.2) is 5.82 Å². The summed E-state index contributed by atoms with van der Waals surface area (Å²) in [4.78, 5) is 14.8. The maximum absolute atomic E-state index is 12.9. The number of piperidine rings is 1. The van der Waals surface area contributed by atoms with Crippen LogP contribution in [0.15, 0.2) is 16.7 Å². The fourth-order valence-corrected chi connectivity index (χ4v) is 3.33. The summed E-state index contributed by atoms with van der Waals surface area (Å²) in [6.07, 6.45) is 2.01. The standard InChI is InChI=1S/C17H24N4O2/c1-11-9-15(13(3)21(11)16-10-12(2)23-19-16)17(22)20-7-5-14(18-4)6-8-20/h9-10,14,18H,5-8H2,1-4H3. The predicted molar refractivity (Wildman–Crippen MR) is 88.0 cm³/mol. The number of amides is 1. The van der Waals surface area contributed by atoms with Crippen LogP contribution in [0.5, 0.6) is 0 Å². The Kier molecular flexibility index (Phi) is 4.26. The van der Waals surface area contributed by atoms with E-state index in [-0.39, 0.29) is 5.91 Å². The van der Waals surface area contributed by atoms with Gasteiger partial charge in [-0.2, -0.15) is 0 Å². The molecule has 0 aromatic carbocycles. The first kappa shape index (κ1) is 15.8. The van der Waals surface area contributed by atoms with E-state index in [1.54, 1.807) is 0 Å². The van der Waals surface area contributed by atoms with E-state index in [1.165, 1.54) is 0 Å². The molecule has 2 aromatic rings. The molecule has 1 saturated heterocycles. The second kappa shape index (κ2) is 6.20. The summed E-state index contributed by atoms with van der Waals surface area (Å²) in [6.45, 7) is 7.42. The Morgan fingerprint density at radius 1 is 1.26 bits per heavy atom. The summed E-state index contributed by atoms with van der Waals surface area (Å²) >= 11 is 0. The van der Waals surface area contributed by atoms with Crippen LogP contribution in [0.2, 0.25) is 0 Å². The maximum Gasteiger partial charge on any atom is 0.255 e. The topological polar surface area (TPSA) is 63.3 Å². The first-order valence-electron chi connectivity index (χ1n) is 8.10. The van der Waals surface area contributed by atoms with Gasteiger partial charge in [0.25, 0.3) is 5.91 Å². The SMILES string of the molecule is CNC1CCN(C(=O)c2cc(C)n(-c3cc(C)on3)c2C)CC1. The lowest BCUT2D eigenvalue weighted by Crippen LogP contribution is -2.44. The van der Waals surface area contributed by atoms with Gasteiger partial charge in [-0.15, -0.1) is 0 Å². The summed E-state index contributed by atoms with van der Waals surface area (Å²) in [5, 5.41) is 7.36. The third-order valence-electron chi connectivity index (χ3n) is 4.70. The molecule has 0 atom stereocenters. The molecule has 1 amide bonds. The Hall–Kier alpha value is -2.08. The minimum Gasteiger partial charge on any atom is -0.360 e. The summed E-state index contributed by atoms with van der Waals surface area (Å²) in [6, 6.07) is 4.35. The highest BCUT2D eigenvalue weighted by Crippen LogP contribution is 2.23. The number of hydrogen-bond donors (Lipinski definition) is 1. The number of nitrogens with zero attached hydrogens (tertiary/aromatic N) is 3. The number of aryl methyl sites for hydroxylation is 2. The molecule has 1 aliphatic rings. The largest absolute Gasteiger partial charge is 0.360 e. The molecule has 0 spiro atoms. The number of hydrogen-bond acceptors (Lipinski definition) is 4. The van der Waals surface area contributed by atoms with E-state index in [1.807, 2.05) is 49.4 Å². The molecular weight excluding hydrogens is 292 g/mol. The molecule has 23 heavy (non-hydrogen) atoms. The highest BCUT2D eigenvalue weighted by atomic mass is 16.5. The second-order valence-electron chi connectivity index (χ2n) is 6.27. The highest BCUT2D eigenvalue weighted by Gasteiger charge is 2.26. The number of aromatic nitrogens is 2. The predicted octanol–water partition coefficient (Wildman–Crippen LogP) is 2.21. The molecule has 0 aliphatic carbocycles. The van der Waals surface area contributed by atoms with Crippen molar-refractivity contribution < 1.29 is 9.32 Å². The maximum atomic E-state index is 12.9. The molecule has 0 bridgehead atoms. The van der Waals surface area contributed by atoms with Gasteiger partial charge in [-0.25, -0.2) is 0 Å². The van der Waals surface area contributed by atoms with Crippen molar-refractivity contribution in [2.45, 2.75) is 39.7 Å². The average molecular weight is 316 g/mol. The van der Waals surface area contributed by atoms with E-state index in [0.29, 0.717) is 6.04 Å². The number of carbonyl (C=O) groups is 1. The first-order chi connectivity index (χ1) is 11.0. The molecule has 1 aliphatic heterocycles. The fourth-order valence-electron chi connectivity index (χ4n) is 3.33. The van der Waals surface area contributed by atoms with Gasteiger partial charge >= 0.3 is 0 Å². The second-order valence-corrected chi connectivity index (χ2v) is 6.27. The first-order valence-corrected chi connectivity index (χ1v) is 8.10. The molecule has 2 aromatic heterocycles. The van der Waals surface area contributed by atoms with Crippen LogP contribution < -0.4 is 5.32 Å². The van der Waals surface area contributed by atoms with Crippen molar-refractivity contribution in [3.05, 3.63) is 34.8 Å². The van der Waals surface area contributed by atoms with Gasteiger partial charge in [-0.3, -0.25) is 9.36 Å². The van der Waals surface area contributed by atoms with Crippen LogP contribution in [0.3, 0.4) is 0 Å². The molecule has 1 N–H and O–H groups in total. The Morgan fingerprint density at radius 2 is 1.96 bits per heavy atom. The van der Waals surface area contributed by atoms with Gasteiger partial charge in [-0.05, 0) is 46.7 Å². The third-order valence-corrected chi connectivity index (χ3v) is 4.70. The van der Waals surface area contributed by atoms with Gasteiger partial charge in [0.1, 0.15) is 5.76 Å². The van der Waals surface area contributed by atoms with Gasteiger partial charge in [0, 0.05) is 36.6 Å². The van der Waals surface area contributed by atoms with Crippen molar-refractivity contribution in [3.63, 3.8) is 0 Å². The van der Waals surface area contributed by atoms with E-state index < -0.39 is 0 Å². The van der Waals surface area contributed by atoms with Gasteiger partial charge < -0.3 is 14.7 Å². The number of carbonyl (C=O) groups excluding carboxylic acids is 1. The lowest BCUT2D eigenvalue weighted by molar-refractivity contribution is 0.0706. The van der Waals surface area contributed by atoms with Crippen LogP contribution in [-0.2, 0) is 0 Å². The normalized spacial score (nSPS) is 16.1. The van der Waals surface area contributed by atoms with Crippen LogP contribution in [0.1, 0.15) is 40.3 Å². The Bertz CT molecular complexity index is 708. The molecule has 3 rings (SSSR count). The molecule has 124 valence electrons. The smallest absolute Gasteiger partial charge is 0.255 e. The third kappa shape index (κ3) is 2.91. The molecule has 0 unspecified atom stereocenters.